The normalized spacial score (nSPS) is 13.0. The van der Waals surface area contributed by atoms with Crippen LogP contribution in [0.1, 0.15) is 31.6 Å². The fraction of sp³-hybridized carbons (Fsp3) is 0.636. The molecule has 0 fully saturated rings. The second-order valence-electron chi connectivity index (χ2n) is 3.42. The van der Waals surface area contributed by atoms with Crippen LogP contribution in [0.5, 0.6) is 0 Å². The molecule has 0 saturated carbocycles. The summed E-state index contributed by atoms with van der Waals surface area (Å²) in [5.41, 5.74) is 0. The highest BCUT2D eigenvalue weighted by atomic mass is 79.9. The number of ether oxygens (including phenoxy) is 1. The van der Waals surface area contributed by atoms with Gasteiger partial charge in [0.05, 0.1) is 16.8 Å². The molecule has 1 unspecified atom stereocenters. The third-order valence-electron chi connectivity index (χ3n) is 2.21. The topological polar surface area (TPSA) is 34.4 Å². The van der Waals surface area contributed by atoms with Gasteiger partial charge in [0.1, 0.15) is 5.76 Å². The summed E-state index contributed by atoms with van der Waals surface area (Å²) in [6.45, 7) is 3.87. The monoisotopic (exact) mass is 275 g/mol. The van der Waals surface area contributed by atoms with E-state index in [2.05, 4.69) is 28.2 Å². The van der Waals surface area contributed by atoms with Gasteiger partial charge in [-0.2, -0.15) is 0 Å². The predicted octanol–water partition coefficient (Wildman–Crippen LogP) is 3.12. The summed E-state index contributed by atoms with van der Waals surface area (Å²) in [5.74, 6) is 0.959. The van der Waals surface area contributed by atoms with Crippen LogP contribution in [0.25, 0.3) is 0 Å². The first kappa shape index (κ1) is 12.7. The average molecular weight is 276 g/mol. The van der Waals surface area contributed by atoms with Gasteiger partial charge in [0.2, 0.25) is 0 Å². The number of methoxy groups -OCH3 is 1. The first-order valence-corrected chi connectivity index (χ1v) is 6.04. The summed E-state index contributed by atoms with van der Waals surface area (Å²) in [4.78, 5) is 0. The summed E-state index contributed by atoms with van der Waals surface area (Å²) in [6.07, 6.45) is 3.73. The zero-order valence-electron chi connectivity index (χ0n) is 9.25. The number of hydrogen-bond donors (Lipinski definition) is 1. The van der Waals surface area contributed by atoms with Gasteiger partial charge in [-0.25, -0.2) is 0 Å². The molecule has 1 rings (SSSR count). The number of hydrogen-bond acceptors (Lipinski definition) is 3. The molecule has 1 heterocycles. The lowest BCUT2D eigenvalue weighted by atomic mass is 10.1. The largest absolute Gasteiger partial charge is 0.466 e. The average Bonchev–Trinajstić information content (AvgIpc) is 2.65. The minimum atomic E-state index is 0.231. The maximum absolute atomic E-state index is 5.46. The van der Waals surface area contributed by atoms with E-state index in [9.17, 15) is 0 Å². The predicted molar refractivity (Wildman–Crippen MR) is 63.9 cm³/mol. The van der Waals surface area contributed by atoms with Crippen molar-refractivity contribution in [2.45, 2.75) is 25.8 Å². The van der Waals surface area contributed by atoms with Gasteiger partial charge < -0.3 is 14.5 Å². The van der Waals surface area contributed by atoms with Gasteiger partial charge in [0.25, 0.3) is 0 Å². The minimum Gasteiger partial charge on any atom is -0.466 e. The minimum absolute atomic E-state index is 0.231. The van der Waals surface area contributed by atoms with Crippen molar-refractivity contribution in [1.82, 2.24) is 5.32 Å². The van der Waals surface area contributed by atoms with Gasteiger partial charge in [-0.15, -0.1) is 0 Å². The Balaban J connectivity index is 2.58. The first-order chi connectivity index (χ1) is 7.29. The van der Waals surface area contributed by atoms with Gasteiger partial charge in [-0.05, 0) is 41.4 Å². The number of rotatable bonds is 7. The lowest BCUT2D eigenvalue weighted by molar-refractivity contribution is 0.178. The van der Waals surface area contributed by atoms with Crippen molar-refractivity contribution < 1.29 is 9.15 Å². The van der Waals surface area contributed by atoms with E-state index < -0.39 is 0 Å². The Morgan fingerprint density at radius 2 is 2.40 bits per heavy atom. The Morgan fingerprint density at radius 3 is 2.93 bits per heavy atom. The lowest BCUT2D eigenvalue weighted by Crippen LogP contribution is -2.23. The van der Waals surface area contributed by atoms with E-state index in [0.29, 0.717) is 0 Å². The number of furan rings is 1. The number of nitrogens with one attached hydrogen (secondary N) is 1. The molecule has 0 radical (unpaired) electrons. The van der Waals surface area contributed by atoms with E-state index in [4.69, 9.17) is 9.15 Å². The quantitative estimate of drug-likeness (QED) is 0.830. The molecule has 0 aliphatic heterocycles. The molecule has 0 bridgehead atoms. The van der Waals surface area contributed by atoms with Crippen molar-refractivity contribution in [2.75, 3.05) is 20.3 Å². The van der Waals surface area contributed by atoms with Crippen molar-refractivity contribution in [2.24, 2.45) is 0 Å². The van der Waals surface area contributed by atoms with Crippen LogP contribution < -0.4 is 5.32 Å². The SMILES string of the molecule is CCCNC(CCOC)c1occc1Br. The van der Waals surface area contributed by atoms with Gasteiger partial charge in [-0.1, -0.05) is 6.92 Å². The van der Waals surface area contributed by atoms with Gasteiger partial charge >= 0.3 is 0 Å². The van der Waals surface area contributed by atoms with Crippen LogP contribution in [0.4, 0.5) is 0 Å². The molecular formula is C11H18BrNO2. The molecular weight excluding hydrogens is 258 g/mol. The smallest absolute Gasteiger partial charge is 0.134 e. The molecule has 15 heavy (non-hydrogen) atoms. The Kier molecular flexibility index (Phi) is 5.98. The molecule has 0 aliphatic carbocycles. The first-order valence-electron chi connectivity index (χ1n) is 5.24. The van der Waals surface area contributed by atoms with E-state index in [1.807, 2.05) is 6.07 Å². The molecule has 0 saturated heterocycles. The molecule has 4 heteroatoms. The second-order valence-corrected chi connectivity index (χ2v) is 4.28. The second kappa shape index (κ2) is 7.04. The molecule has 1 aromatic heterocycles. The van der Waals surface area contributed by atoms with Crippen LogP contribution in [-0.2, 0) is 4.74 Å². The third kappa shape index (κ3) is 3.97. The molecule has 1 N–H and O–H groups in total. The Labute approximate surface area is 99.3 Å². The van der Waals surface area contributed by atoms with Crippen LogP contribution in [0.3, 0.4) is 0 Å². The van der Waals surface area contributed by atoms with Crippen LogP contribution in [-0.4, -0.2) is 20.3 Å². The standard InChI is InChI=1S/C11H18BrNO2/c1-3-6-13-10(5-7-14-2)11-9(12)4-8-15-11/h4,8,10,13H,3,5-7H2,1-2H3. The summed E-state index contributed by atoms with van der Waals surface area (Å²) in [5, 5.41) is 3.44. The summed E-state index contributed by atoms with van der Waals surface area (Å²) < 4.78 is 11.6. The van der Waals surface area contributed by atoms with Crippen molar-refractivity contribution in [3.8, 4) is 0 Å². The Bertz CT molecular complexity index is 267. The lowest BCUT2D eigenvalue weighted by Gasteiger charge is -2.16. The van der Waals surface area contributed by atoms with Crippen molar-refractivity contribution >= 4 is 15.9 Å². The third-order valence-corrected chi connectivity index (χ3v) is 2.87. The molecule has 0 aromatic carbocycles. The Hall–Kier alpha value is -0.320. The van der Waals surface area contributed by atoms with Crippen LogP contribution >= 0.6 is 15.9 Å². The molecule has 3 nitrogen and oxygen atoms in total. The molecule has 1 atom stereocenters. The van der Waals surface area contributed by atoms with E-state index >= 15 is 0 Å². The maximum Gasteiger partial charge on any atom is 0.134 e. The van der Waals surface area contributed by atoms with Crippen molar-refractivity contribution in [3.63, 3.8) is 0 Å². The summed E-state index contributed by atoms with van der Waals surface area (Å²) in [6, 6.07) is 2.15. The molecule has 86 valence electrons. The zero-order chi connectivity index (χ0) is 11.1. The highest BCUT2D eigenvalue weighted by Crippen LogP contribution is 2.26. The highest BCUT2D eigenvalue weighted by molar-refractivity contribution is 9.10. The van der Waals surface area contributed by atoms with E-state index in [1.165, 1.54) is 0 Å². The summed E-state index contributed by atoms with van der Waals surface area (Å²) >= 11 is 3.48. The van der Waals surface area contributed by atoms with E-state index in [-0.39, 0.29) is 6.04 Å². The van der Waals surface area contributed by atoms with Crippen LogP contribution in [0.15, 0.2) is 21.2 Å². The fourth-order valence-corrected chi connectivity index (χ4v) is 1.91. The van der Waals surface area contributed by atoms with Crippen molar-refractivity contribution in [1.29, 1.82) is 0 Å². The number of halogens is 1. The molecule has 0 spiro atoms. The van der Waals surface area contributed by atoms with E-state index in [0.717, 1.165) is 36.2 Å². The maximum atomic E-state index is 5.46. The highest BCUT2D eigenvalue weighted by Gasteiger charge is 2.16. The van der Waals surface area contributed by atoms with Crippen LogP contribution in [0.2, 0.25) is 0 Å². The van der Waals surface area contributed by atoms with E-state index in [1.54, 1.807) is 13.4 Å². The zero-order valence-corrected chi connectivity index (χ0v) is 10.8. The summed E-state index contributed by atoms with van der Waals surface area (Å²) in [7, 11) is 1.72. The molecule has 1 aromatic rings. The van der Waals surface area contributed by atoms with Gasteiger partial charge in [0.15, 0.2) is 0 Å². The molecule has 0 amide bonds. The Morgan fingerprint density at radius 1 is 1.60 bits per heavy atom. The fourth-order valence-electron chi connectivity index (χ4n) is 1.43. The van der Waals surface area contributed by atoms with Gasteiger partial charge in [0, 0.05) is 13.7 Å². The van der Waals surface area contributed by atoms with Gasteiger partial charge in [-0.3, -0.25) is 0 Å². The molecule has 0 aliphatic rings. The van der Waals surface area contributed by atoms with Crippen LogP contribution in [0, 0.1) is 0 Å². The van der Waals surface area contributed by atoms with Crippen molar-refractivity contribution in [3.05, 3.63) is 22.6 Å².